The average Bonchev–Trinajstić information content (AvgIpc) is 2.88. The van der Waals surface area contributed by atoms with Crippen LogP contribution in [0.3, 0.4) is 0 Å². The lowest BCUT2D eigenvalue weighted by atomic mass is 10.1. The molecule has 1 fully saturated rings. The molecule has 1 aliphatic rings. The normalized spacial score (nSPS) is 23.0. The van der Waals surface area contributed by atoms with Crippen LogP contribution in [0, 0.1) is 12.8 Å². The third-order valence-electron chi connectivity index (χ3n) is 3.22. The molecule has 0 saturated heterocycles. The van der Waals surface area contributed by atoms with Gasteiger partial charge in [0.25, 0.3) is 5.91 Å². The first kappa shape index (κ1) is 13.4. The number of aryl methyl sites for hydroxylation is 1. The number of hydrogen-bond acceptors (Lipinski definition) is 3. The van der Waals surface area contributed by atoms with Crippen molar-refractivity contribution in [1.82, 2.24) is 5.32 Å². The van der Waals surface area contributed by atoms with Gasteiger partial charge in [0, 0.05) is 6.04 Å². The Morgan fingerprint density at radius 2 is 2.22 bits per heavy atom. The molecule has 0 spiro atoms. The second-order valence-electron chi connectivity index (χ2n) is 4.58. The summed E-state index contributed by atoms with van der Waals surface area (Å²) in [5.41, 5.74) is 0.890. The van der Waals surface area contributed by atoms with Crippen molar-refractivity contribution < 1.29 is 14.7 Å². The first-order valence-corrected chi connectivity index (χ1v) is 7.02. The molecule has 2 N–H and O–H groups in total. The van der Waals surface area contributed by atoms with Crippen LogP contribution in [0.25, 0.3) is 0 Å². The topological polar surface area (TPSA) is 66.4 Å². The molecule has 0 aromatic carbocycles. The molecule has 1 aromatic rings. The fourth-order valence-corrected chi connectivity index (χ4v) is 3.35. The minimum absolute atomic E-state index is 0.0583. The fourth-order valence-electron chi connectivity index (χ4n) is 2.17. The Hall–Kier alpha value is -1.07. The Bertz CT molecular complexity index is 486. The Morgan fingerprint density at radius 3 is 2.72 bits per heavy atom. The Kier molecular flexibility index (Phi) is 3.92. The second kappa shape index (κ2) is 5.28. The van der Waals surface area contributed by atoms with E-state index in [4.69, 9.17) is 16.7 Å². The highest BCUT2D eigenvalue weighted by molar-refractivity contribution is 7.13. The van der Waals surface area contributed by atoms with Crippen molar-refractivity contribution in [2.45, 2.75) is 32.2 Å². The number of hydrogen-bond donors (Lipinski definition) is 2. The van der Waals surface area contributed by atoms with Gasteiger partial charge in [-0.25, -0.2) is 0 Å². The summed E-state index contributed by atoms with van der Waals surface area (Å²) in [4.78, 5) is 23.3. The summed E-state index contributed by atoms with van der Waals surface area (Å²) in [6.07, 6.45) is 1.84. The van der Waals surface area contributed by atoms with E-state index in [-0.39, 0.29) is 17.9 Å². The number of rotatable bonds is 3. The van der Waals surface area contributed by atoms with Crippen LogP contribution in [0.1, 0.15) is 34.5 Å². The maximum atomic E-state index is 12.0. The number of nitrogens with one attached hydrogen (secondary N) is 1. The predicted octanol–water partition coefficient (Wildman–Crippen LogP) is 2.69. The third kappa shape index (κ3) is 2.67. The van der Waals surface area contributed by atoms with Crippen molar-refractivity contribution in [1.29, 1.82) is 0 Å². The van der Waals surface area contributed by atoms with E-state index in [1.807, 2.05) is 12.3 Å². The number of aliphatic carboxylic acids is 1. The second-order valence-corrected chi connectivity index (χ2v) is 5.84. The molecule has 0 bridgehead atoms. The molecule has 1 aromatic heterocycles. The van der Waals surface area contributed by atoms with Crippen LogP contribution in [-0.4, -0.2) is 23.0 Å². The fraction of sp³-hybridized carbons (Fsp3) is 0.500. The largest absolute Gasteiger partial charge is 0.481 e. The molecule has 1 amide bonds. The molecule has 2 unspecified atom stereocenters. The van der Waals surface area contributed by atoms with Crippen LogP contribution in [0.5, 0.6) is 0 Å². The summed E-state index contributed by atoms with van der Waals surface area (Å²) in [6.45, 7) is 1.85. The number of halogens is 1. The predicted molar refractivity (Wildman–Crippen MR) is 70.3 cm³/mol. The monoisotopic (exact) mass is 287 g/mol. The molecule has 1 aliphatic carbocycles. The van der Waals surface area contributed by atoms with E-state index in [0.29, 0.717) is 29.2 Å². The highest BCUT2D eigenvalue weighted by Gasteiger charge is 2.31. The summed E-state index contributed by atoms with van der Waals surface area (Å²) in [5.74, 6) is -1.32. The quantitative estimate of drug-likeness (QED) is 0.898. The summed E-state index contributed by atoms with van der Waals surface area (Å²) < 4.78 is 0. The number of carbonyl (C=O) groups is 2. The molecule has 1 saturated carbocycles. The van der Waals surface area contributed by atoms with Gasteiger partial charge in [-0.2, -0.15) is 0 Å². The smallest absolute Gasteiger partial charge is 0.306 e. The van der Waals surface area contributed by atoms with Crippen LogP contribution in [0.2, 0.25) is 5.02 Å². The molecule has 0 aliphatic heterocycles. The van der Waals surface area contributed by atoms with Gasteiger partial charge in [-0.05, 0) is 37.1 Å². The molecule has 4 nitrogen and oxygen atoms in total. The zero-order chi connectivity index (χ0) is 13.3. The third-order valence-corrected chi connectivity index (χ3v) is 4.92. The lowest BCUT2D eigenvalue weighted by Gasteiger charge is -2.11. The van der Waals surface area contributed by atoms with E-state index in [2.05, 4.69) is 5.32 Å². The van der Waals surface area contributed by atoms with Gasteiger partial charge in [0.1, 0.15) is 4.88 Å². The van der Waals surface area contributed by atoms with E-state index in [1.54, 1.807) is 0 Å². The first-order chi connectivity index (χ1) is 8.49. The van der Waals surface area contributed by atoms with E-state index in [9.17, 15) is 9.59 Å². The maximum Gasteiger partial charge on any atom is 0.306 e. The zero-order valence-electron chi connectivity index (χ0n) is 9.90. The number of thiophene rings is 1. The number of amides is 1. The summed E-state index contributed by atoms with van der Waals surface area (Å²) in [5, 5.41) is 14.1. The van der Waals surface area contributed by atoms with Crippen LogP contribution in [0.4, 0.5) is 0 Å². The SMILES string of the molecule is Cc1csc(C(=O)NC2CCC(C(=O)O)C2)c1Cl. The van der Waals surface area contributed by atoms with Gasteiger partial charge in [-0.15, -0.1) is 11.3 Å². The van der Waals surface area contributed by atoms with E-state index in [1.165, 1.54) is 11.3 Å². The van der Waals surface area contributed by atoms with Crippen molar-refractivity contribution in [3.63, 3.8) is 0 Å². The molecule has 0 radical (unpaired) electrons. The van der Waals surface area contributed by atoms with Crippen molar-refractivity contribution in [2.24, 2.45) is 5.92 Å². The Morgan fingerprint density at radius 1 is 1.50 bits per heavy atom. The van der Waals surface area contributed by atoms with E-state index in [0.717, 1.165) is 5.56 Å². The van der Waals surface area contributed by atoms with Crippen LogP contribution < -0.4 is 5.32 Å². The van der Waals surface area contributed by atoms with E-state index < -0.39 is 5.97 Å². The summed E-state index contributed by atoms with van der Waals surface area (Å²) in [6, 6.07) is -0.0583. The van der Waals surface area contributed by atoms with Crippen molar-refractivity contribution in [3.8, 4) is 0 Å². The Balaban J connectivity index is 1.97. The van der Waals surface area contributed by atoms with Crippen molar-refractivity contribution in [3.05, 3.63) is 20.8 Å². The molecule has 6 heteroatoms. The molecular weight excluding hydrogens is 274 g/mol. The van der Waals surface area contributed by atoms with Gasteiger partial charge in [0.2, 0.25) is 0 Å². The lowest BCUT2D eigenvalue weighted by Crippen LogP contribution is -2.33. The van der Waals surface area contributed by atoms with Gasteiger partial charge in [-0.1, -0.05) is 11.6 Å². The highest BCUT2D eigenvalue weighted by Crippen LogP contribution is 2.29. The highest BCUT2D eigenvalue weighted by atomic mass is 35.5. The van der Waals surface area contributed by atoms with Crippen LogP contribution >= 0.6 is 22.9 Å². The van der Waals surface area contributed by atoms with Crippen molar-refractivity contribution in [2.75, 3.05) is 0 Å². The lowest BCUT2D eigenvalue weighted by molar-refractivity contribution is -0.141. The molecule has 98 valence electrons. The minimum atomic E-state index is -0.781. The van der Waals surface area contributed by atoms with Crippen LogP contribution in [0.15, 0.2) is 5.38 Å². The van der Waals surface area contributed by atoms with Gasteiger partial charge >= 0.3 is 5.97 Å². The maximum absolute atomic E-state index is 12.0. The zero-order valence-corrected chi connectivity index (χ0v) is 11.5. The minimum Gasteiger partial charge on any atom is -0.481 e. The molecular formula is C12H14ClNO3S. The van der Waals surface area contributed by atoms with Crippen molar-refractivity contribution >= 4 is 34.8 Å². The van der Waals surface area contributed by atoms with E-state index >= 15 is 0 Å². The number of carboxylic acids is 1. The molecule has 1 heterocycles. The Labute approximate surface area is 114 Å². The van der Waals surface area contributed by atoms with Gasteiger partial charge in [0.05, 0.1) is 10.9 Å². The summed E-state index contributed by atoms with van der Waals surface area (Å²) in [7, 11) is 0. The first-order valence-electron chi connectivity index (χ1n) is 5.76. The van der Waals surface area contributed by atoms with Gasteiger partial charge < -0.3 is 10.4 Å². The standard InChI is InChI=1S/C12H14ClNO3S/c1-6-5-18-10(9(6)13)11(15)14-8-3-2-7(4-8)12(16)17/h5,7-8H,2-4H2,1H3,(H,14,15)(H,16,17). The summed E-state index contributed by atoms with van der Waals surface area (Å²) >= 11 is 7.34. The van der Waals surface area contributed by atoms with Gasteiger partial charge in [0.15, 0.2) is 0 Å². The molecule has 2 rings (SSSR count). The average molecular weight is 288 g/mol. The molecule has 2 atom stereocenters. The van der Waals surface area contributed by atoms with Gasteiger partial charge in [-0.3, -0.25) is 9.59 Å². The van der Waals surface area contributed by atoms with Crippen LogP contribution in [-0.2, 0) is 4.79 Å². The molecule has 18 heavy (non-hydrogen) atoms. The number of carboxylic acid groups (broad SMARTS) is 1. The number of carbonyl (C=O) groups excluding carboxylic acids is 1.